The Morgan fingerprint density at radius 2 is 2.25 bits per heavy atom. The summed E-state index contributed by atoms with van der Waals surface area (Å²) in [4.78, 5) is 2.88. The number of nitrogens with zero attached hydrogens (tertiary/aromatic N) is 3. The average Bonchev–Trinajstić information content (AvgIpc) is 2.51. The minimum absolute atomic E-state index is 0.274. The molecule has 0 bridgehead atoms. The Kier molecular flexibility index (Phi) is 2.19. The van der Waals surface area contributed by atoms with Crippen molar-refractivity contribution < 1.29 is 0 Å². The van der Waals surface area contributed by atoms with Gasteiger partial charge in [-0.15, -0.1) is 0 Å². The first-order chi connectivity index (χ1) is 5.90. The number of fused-ring (bicyclic) bond motifs is 1. The lowest BCUT2D eigenvalue weighted by atomic mass is 9.83. The molecule has 4 nitrogen and oxygen atoms in total. The number of nitrogens with one attached hydrogen (secondary N) is 1. The average molecular weight is 166 g/mol. The molecule has 1 aliphatic heterocycles. The van der Waals surface area contributed by atoms with Crippen molar-refractivity contribution in [1.29, 1.82) is 0 Å². The molecule has 1 N–H and O–H groups in total. The van der Waals surface area contributed by atoms with Crippen LogP contribution in [0.1, 0.15) is 25.7 Å². The largest absolute Gasteiger partial charge is 0.314 e. The van der Waals surface area contributed by atoms with Crippen LogP contribution in [0.3, 0.4) is 0 Å². The van der Waals surface area contributed by atoms with Gasteiger partial charge >= 0.3 is 0 Å². The minimum Gasteiger partial charge on any atom is -0.314 e. The fourth-order valence-electron chi connectivity index (χ4n) is 2.46. The molecule has 4 heteroatoms. The Morgan fingerprint density at radius 3 is 3.08 bits per heavy atom. The number of hydrogen-bond acceptors (Lipinski definition) is 2. The summed E-state index contributed by atoms with van der Waals surface area (Å²) in [6.07, 6.45) is 4.62. The van der Waals surface area contributed by atoms with Crippen molar-refractivity contribution in [2.75, 3.05) is 6.54 Å². The maximum absolute atomic E-state index is 8.30. The van der Waals surface area contributed by atoms with Crippen molar-refractivity contribution in [3.63, 3.8) is 0 Å². The second-order valence-corrected chi connectivity index (χ2v) is 3.78. The molecule has 1 aliphatic carbocycles. The summed E-state index contributed by atoms with van der Waals surface area (Å²) in [5.41, 5.74) is 8.30. The molecule has 0 aromatic rings. The third-order valence-electron chi connectivity index (χ3n) is 3.09. The van der Waals surface area contributed by atoms with Crippen LogP contribution in [0, 0.1) is 5.92 Å². The first-order valence-corrected chi connectivity index (χ1v) is 4.68. The van der Waals surface area contributed by atoms with E-state index in [1.54, 1.807) is 0 Å². The molecule has 0 aromatic carbocycles. The molecule has 12 heavy (non-hydrogen) atoms. The molecule has 1 saturated carbocycles. The van der Waals surface area contributed by atoms with E-state index in [2.05, 4.69) is 15.3 Å². The molecule has 66 valence electrons. The van der Waals surface area contributed by atoms with Gasteiger partial charge in [0.2, 0.25) is 0 Å². The van der Waals surface area contributed by atoms with Crippen molar-refractivity contribution in [3.05, 3.63) is 10.4 Å². The summed E-state index contributed by atoms with van der Waals surface area (Å²) in [6.45, 7) is 1.15. The SMILES string of the molecule is [N-]=[N+]=N[C@H]1CCC2NCCC2C1. The molecule has 1 saturated heterocycles. The van der Waals surface area contributed by atoms with E-state index in [-0.39, 0.29) is 6.04 Å². The molecule has 1 heterocycles. The van der Waals surface area contributed by atoms with Crippen LogP contribution in [0.25, 0.3) is 10.4 Å². The van der Waals surface area contributed by atoms with Gasteiger partial charge in [-0.05, 0) is 43.7 Å². The third-order valence-corrected chi connectivity index (χ3v) is 3.09. The summed E-state index contributed by atoms with van der Waals surface area (Å²) in [5, 5.41) is 7.28. The van der Waals surface area contributed by atoms with Crippen molar-refractivity contribution >= 4 is 0 Å². The Bertz CT molecular complexity index is 209. The van der Waals surface area contributed by atoms with Crippen molar-refractivity contribution in [2.24, 2.45) is 11.0 Å². The fraction of sp³-hybridized carbons (Fsp3) is 1.00. The van der Waals surface area contributed by atoms with Gasteiger partial charge in [-0.25, -0.2) is 0 Å². The molecule has 2 rings (SSSR count). The normalized spacial score (nSPS) is 40.2. The molecule has 0 radical (unpaired) electrons. The quantitative estimate of drug-likeness (QED) is 0.360. The van der Waals surface area contributed by atoms with Crippen LogP contribution < -0.4 is 5.32 Å². The Morgan fingerprint density at radius 1 is 1.33 bits per heavy atom. The van der Waals surface area contributed by atoms with E-state index in [0.29, 0.717) is 0 Å². The van der Waals surface area contributed by atoms with Gasteiger partial charge in [0.1, 0.15) is 0 Å². The second-order valence-electron chi connectivity index (χ2n) is 3.78. The molecule has 2 fully saturated rings. The van der Waals surface area contributed by atoms with Gasteiger partial charge in [-0.3, -0.25) is 0 Å². The topological polar surface area (TPSA) is 60.8 Å². The van der Waals surface area contributed by atoms with E-state index in [4.69, 9.17) is 5.53 Å². The Balaban J connectivity index is 1.96. The molecule has 0 amide bonds. The van der Waals surface area contributed by atoms with Gasteiger partial charge in [0.15, 0.2) is 0 Å². The van der Waals surface area contributed by atoms with E-state index in [1.807, 2.05) is 0 Å². The molecule has 0 spiro atoms. The molecule has 3 atom stereocenters. The standard InChI is InChI=1S/C8H14N4/c9-12-11-7-1-2-8-6(5-7)3-4-10-8/h6-8,10H,1-5H2/t6?,7-,8?/m0/s1. The first kappa shape index (κ1) is 7.90. The van der Waals surface area contributed by atoms with Crippen molar-refractivity contribution in [2.45, 2.75) is 37.8 Å². The van der Waals surface area contributed by atoms with E-state index in [9.17, 15) is 0 Å². The van der Waals surface area contributed by atoms with Crippen LogP contribution >= 0.6 is 0 Å². The maximum Gasteiger partial charge on any atom is 0.0377 e. The molecule has 2 unspecified atom stereocenters. The summed E-state index contributed by atoms with van der Waals surface area (Å²) >= 11 is 0. The Hall–Kier alpha value is -0.730. The molecular weight excluding hydrogens is 152 g/mol. The Labute approximate surface area is 72.0 Å². The number of rotatable bonds is 1. The summed E-state index contributed by atoms with van der Waals surface area (Å²) in [6, 6.07) is 0.992. The van der Waals surface area contributed by atoms with Crippen molar-refractivity contribution in [1.82, 2.24) is 5.32 Å². The van der Waals surface area contributed by atoms with Crippen LogP contribution in [0.2, 0.25) is 0 Å². The van der Waals surface area contributed by atoms with Gasteiger partial charge in [0.25, 0.3) is 0 Å². The number of hydrogen-bond donors (Lipinski definition) is 1. The molecular formula is C8H14N4. The zero-order valence-electron chi connectivity index (χ0n) is 7.11. The minimum atomic E-state index is 0.274. The van der Waals surface area contributed by atoms with Gasteiger partial charge in [0, 0.05) is 17.0 Å². The first-order valence-electron chi connectivity index (χ1n) is 4.68. The van der Waals surface area contributed by atoms with Gasteiger partial charge in [-0.2, -0.15) is 0 Å². The van der Waals surface area contributed by atoms with Crippen LogP contribution in [0.4, 0.5) is 0 Å². The maximum atomic E-state index is 8.30. The van der Waals surface area contributed by atoms with E-state index < -0.39 is 0 Å². The molecule has 0 aromatic heterocycles. The van der Waals surface area contributed by atoms with E-state index >= 15 is 0 Å². The van der Waals surface area contributed by atoms with E-state index in [1.165, 1.54) is 12.8 Å². The smallest absolute Gasteiger partial charge is 0.0377 e. The zero-order chi connectivity index (χ0) is 8.39. The van der Waals surface area contributed by atoms with Crippen LogP contribution in [-0.4, -0.2) is 18.6 Å². The lowest BCUT2D eigenvalue weighted by Gasteiger charge is -2.28. The highest BCUT2D eigenvalue weighted by atomic mass is 15.1. The summed E-state index contributed by atoms with van der Waals surface area (Å²) in [5.74, 6) is 0.772. The zero-order valence-corrected chi connectivity index (χ0v) is 7.11. The molecule has 2 aliphatic rings. The van der Waals surface area contributed by atoms with E-state index in [0.717, 1.165) is 31.3 Å². The van der Waals surface area contributed by atoms with Crippen molar-refractivity contribution in [3.8, 4) is 0 Å². The predicted molar refractivity (Wildman–Crippen MR) is 46.7 cm³/mol. The predicted octanol–water partition coefficient (Wildman–Crippen LogP) is 1.83. The summed E-state index contributed by atoms with van der Waals surface area (Å²) < 4.78 is 0. The van der Waals surface area contributed by atoms with Crippen LogP contribution in [0.15, 0.2) is 5.11 Å². The van der Waals surface area contributed by atoms with Gasteiger partial charge in [-0.1, -0.05) is 5.11 Å². The fourth-order valence-corrected chi connectivity index (χ4v) is 2.46. The number of azide groups is 1. The highest BCUT2D eigenvalue weighted by Crippen LogP contribution is 2.32. The highest BCUT2D eigenvalue weighted by molar-refractivity contribution is 4.91. The van der Waals surface area contributed by atoms with Gasteiger partial charge in [0.05, 0.1) is 0 Å². The lowest BCUT2D eigenvalue weighted by Crippen LogP contribution is -2.33. The summed E-state index contributed by atoms with van der Waals surface area (Å²) in [7, 11) is 0. The van der Waals surface area contributed by atoms with Gasteiger partial charge < -0.3 is 5.32 Å². The monoisotopic (exact) mass is 166 g/mol. The highest BCUT2D eigenvalue weighted by Gasteiger charge is 2.32. The third kappa shape index (κ3) is 1.40. The lowest BCUT2D eigenvalue weighted by molar-refractivity contribution is 0.295. The van der Waals surface area contributed by atoms with Crippen LogP contribution in [0.5, 0.6) is 0 Å². The van der Waals surface area contributed by atoms with Crippen LogP contribution in [-0.2, 0) is 0 Å². The second kappa shape index (κ2) is 3.33.